The van der Waals surface area contributed by atoms with E-state index in [2.05, 4.69) is 15.4 Å². The summed E-state index contributed by atoms with van der Waals surface area (Å²) >= 11 is 0. The molecule has 1 N–H and O–H groups in total. The molecule has 4 rings (SSSR count). The minimum Gasteiger partial charge on any atom is -0.338 e. The number of aliphatic imine (C=N–C) groups is 2. The molecule has 1 aromatic rings. The van der Waals surface area contributed by atoms with Gasteiger partial charge in [-0.25, -0.2) is 29.2 Å². The molecule has 0 radical (unpaired) electrons. The Labute approximate surface area is 156 Å². The molecule has 1 fully saturated rings. The predicted molar refractivity (Wildman–Crippen MR) is 98.5 cm³/mol. The third-order valence-corrected chi connectivity index (χ3v) is 5.08. The van der Waals surface area contributed by atoms with Crippen molar-refractivity contribution in [2.45, 2.75) is 26.2 Å². The van der Waals surface area contributed by atoms with E-state index in [0.717, 1.165) is 24.3 Å². The molecule has 6 nitrogen and oxygen atoms in total. The van der Waals surface area contributed by atoms with Crippen LogP contribution in [0.1, 0.15) is 42.1 Å². The number of carbonyl (C=O) groups is 1. The number of hydrogen-bond donors (Lipinski definition) is 1. The lowest BCUT2D eigenvalue weighted by atomic mass is 9.92. The Bertz CT molecular complexity index is 831. The van der Waals surface area contributed by atoms with Crippen LogP contribution in [-0.2, 0) is 0 Å². The summed E-state index contributed by atoms with van der Waals surface area (Å²) in [5, 5.41) is 1.91. The number of nitrogens with one attached hydrogen (secondary N) is 1. The van der Waals surface area contributed by atoms with Crippen LogP contribution in [0.2, 0.25) is 0 Å². The van der Waals surface area contributed by atoms with E-state index in [1.165, 1.54) is 24.3 Å². The number of piperidine rings is 1. The van der Waals surface area contributed by atoms with Crippen molar-refractivity contribution >= 4 is 17.6 Å². The lowest BCUT2D eigenvalue weighted by molar-refractivity contribution is 0.0678. The average Bonchev–Trinajstić information content (AvgIpc) is 3.15. The highest BCUT2D eigenvalue weighted by molar-refractivity contribution is 6.05. The summed E-state index contributed by atoms with van der Waals surface area (Å²) in [4.78, 5) is 23.4. The van der Waals surface area contributed by atoms with Gasteiger partial charge in [-0.1, -0.05) is 12.1 Å². The van der Waals surface area contributed by atoms with Gasteiger partial charge < -0.3 is 4.90 Å². The summed E-state index contributed by atoms with van der Waals surface area (Å²) in [5.74, 6) is 0.714. The Hall–Kier alpha value is -2.61. The van der Waals surface area contributed by atoms with Gasteiger partial charge in [-0.05, 0) is 38.0 Å². The maximum absolute atomic E-state index is 12.8. The fraction of sp³-hybridized carbons (Fsp3) is 0.421. The molecule has 1 saturated heterocycles. The second-order valence-corrected chi connectivity index (χ2v) is 6.95. The summed E-state index contributed by atoms with van der Waals surface area (Å²) in [7, 11) is 0. The van der Waals surface area contributed by atoms with Crippen LogP contribution in [0, 0.1) is 5.92 Å². The van der Waals surface area contributed by atoms with Gasteiger partial charge in [-0.2, -0.15) is 0 Å². The van der Waals surface area contributed by atoms with Crippen molar-refractivity contribution in [1.82, 2.24) is 15.3 Å². The van der Waals surface area contributed by atoms with Crippen molar-refractivity contribution in [1.29, 1.82) is 0 Å². The molecule has 8 heteroatoms. The Morgan fingerprint density at radius 1 is 1.30 bits per heavy atom. The molecular formula is C19H21F2N5O. The van der Waals surface area contributed by atoms with Gasteiger partial charge in [0.1, 0.15) is 6.67 Å². The fourth-order valence-corrected chi connectivity index (χ4v) is 3.74. The van der Waals surface area contributed by atoms with Crippen LogP contribution in [0.5, 0.6) is 0 Å². The predicted octanol–water partition coefficient (Wildman–Crippen LogP) is 2.97. The van der Waals surface area contributed by atoms with Gasteiger partial charge in [0.2, 0.25) is 5.96 Å². The zero-order valence-corrected chi connectivity index (χ0v) is 15.0. The normalized spacial score (nSPS) is 22.4. The number of guanidine groups is 1. The standard InChI is InChI=1S/C19H21F2N5O/c1-12-9-16(26-19(24-12)22-11-23-26)15-3-2-8-25(10-15)18(27)14-6-4-13(5-7-14)17(20)21/h4-7,9,15,17,23H,2-3,8,10-11H2,1H3. The number of rotatable bonds is 3. The molecule has 1 aromatic carbocycles. The van der Waals surface area contributed by atoms with E-state index in [1.807, 2.05) is 18.0 Å². The Balaban J connectivity index is 1.50. The Morgan fingerprint density at radius 3 is 2.81 bits per heavy atom. The van der Waals surface area contributed by atoms with Crippen molar-refractivity contribution in [3.05, 3.63) is 47.2 Å². The number of amides is 1. The van der Waals surface area contributed by atoms with Crippen molar-refractivity contribution in [3.8, 4) is 0 Å². The lowest BCUT2D eigenvalue weighted by Crippen LogP contribution is -2.46. The second-order valence-electron chi connectivity index (χ2n) is 6.95. The monoisotopic (exact) mass is 373 g/mol. The van der Waals surface area contributed by atoms with Crippen LogP contribution in [0.3, 0.4) is 0 Å². The summed E-state index contributed by atoms with van der Waals surface area (Å²) in [6.07, 6.45) is 1.37. The minimum atomic E-state index is -2.53. The maximum atomic E-state index is 12.8. The highest BCUT2D eigenvalue weighted by Gasteiger charge is 2.33. The largest absolute Gasteiger partial charge is 0.338 e. The van der Waals surface area contributed by atoms with Crippen molar-refractivity contribution in [2.24, 2.45) is 15.9 Å². The van der Waals surface area contributed by atoms with Crippen molar-refractivity contribution < 1.29 is 13.6 Å². The first-order valence-electron chi connectivity index (χ1n) is 9.05. The number of nitrogens with zero attached hydrogens (tertiary/aromatic N) is 4. The van der Waals surface area contributed by atoms with Crippen LogP contribution in [0.4, 0.5) is 8.78 Å². The summed E-state index contributed by atoms with van der Waals surface area (Å²) in [6.45, 7) is 3.68. The van der Waals surface area contributed by atoms with Crippen LogP contribution >= 0.6 is 0 Å². The molecule has 0 aliphatic carbocycles. The highest BCUT2D eigenvalue weighted by atomic mass is 19.3. The molecule has 142 valence electrons. The molecule has 1 unspecified atom stereocenters. The molecule has 0 bridgehead atoms. The highest BCUT2D eigenvalue weighted by Crippen LogP contribution is 2.29. The van der Waals surface area contributed by atoms with E-state index in [9.17, 15) is 13.6 Å². The third-order valence-electron chi connectivity index (χ3n) is 5.08. The van der Waals surface area contributed by atoms with Gasteiger partial charge >= 0.3 is 0 Å². The number of halogens is 2. The number of fused-ring (bicyclic) bond motifs is 1. The SMILES string of the molecule is CC1=NC2=NCNN2C(C2CCCN(C(=O)c3ccc(C(F)F)cc3)C2)=C1. The van der Waals surface area contributed by atoms with Gasteiger partial charge in [0.25, 0.3) is 12.3 Å². The lowest BCUT2D eigenvalue weighted by Gasteiger charge is -2.37. The second kappa shape index (κ2) is 7.19. The zero-order valence-electron chi connectivity index (χ0n) is 15.0. The first-order chi connectivity index (χ1) is 13.0. The topological polar surface area (TPSA) is 60.3 Å². The minimum absolute atomic E-state index is 0.0721. The summed E-state index contributed by atoms with van der Waals surface area (Å²) in [5.41, 5.74) is 5.54. The molecule has 0 saturated carbocycles. The summed E-state index contributed by atoms with van der Waals surface area (Å²) < 4.78 is 25.4. The van der Waals surface area contributed by atoms with E-state index in [-0.39, 0.29) is 17.4 Å². The summed E-state index contributed by atoms with van der Waals surface area (Å²) in [6, 6.07) is 5.60. The number of likely N-dealkylation sites (tertiary alicyclic amines) is 1. The van der Waals surface area contributed by atoms with Gasteiger partial charge in [0.05, 0.1) is 0 Å². The Kier molecular flexibility index (Phi) is 4.73. The van der Waals surface area contributed by atoms with E-state index >= 15 is 0 Å². The van der Waals surface area contributed by atoms with Gasteiger partial charge in [0, 0.05) is 41.5 Å². The van der Waals surface area contributed by atoms with Gasteiger partial charge in [-0.15, -0.1) is 0 Å². The van der Waals surface area contributed by atoms with Gasteiger partial charge in [0.15, 0.2) is 0 Å². The molecule has 0 aromatic heterocycles. The van der Waals surface area contributed by atoms with E-state index < -0.39 is 6.43 Å². The number of benzene rings is 1. The average molecular weight is 373 g/mol. The van der Waals surface area contributed by atoms with Crippen LogP contribution in [-0.4, -0.2) is 47.2 Å². The Morgan fingerprint density at radius 2 is 2.07 bits per heavy atom. The molecule has 1 atom stereocenters. The fourth-order valence-electron chi connectivity index (χ4n) is 3.74. The van der Waals surface area contributed by atoms with E-state index in [0.29, 0.717) is 31.3 Å². The molecule has 1 amide bonds. The number of hydrogen-bond acceptors (Lipinski definition) is 5. The smallest absolute Gasteiger partial charge is 0.263 e. The van der Waals surface area contributed by atoms with Crippen molar-refractivity contribution in [2.75, 3.05) is 19.8 Å². The first-order valence-corrected chi connectivity index (χ1v) is 9.05. The molecule has 27 heavy (non-hydrogen) atoms. The van der Waals surface area contributed by atoms with Crippen LogP contribution in [0.25, 0.3) is 0 Å². The molecule has 0 spiro atoms. The number of alkyl halides is 2. The van der Waals surface area contributed by atoms with Crippen LogP contribution < -0.4 is 5.43 Å². The zero-order chi connectivity index (χ0) is 19.0. The molecule has 3 aliphatic rings. The third kappa shape index (κ3) is 3.49. The number of allylic oxidation sites excluding steroid dienone is 1. The number of carbonyl (C=O) groups excluding carboxylic acids is 1. The number of hydrazine groups is 1. The molecular weight excluding hydrogens is 352 g/mol. The van der Waals surface area contributed by atoms with E-state index in [4.69, 9.17) is 0 Å². The van der Waals surface area contributed by atoms with E-state index in [1.54, 1.807) is 4.90 Å². The van der Waals surface area contributed by atoms with Gasteiger partial charge in [-0.3, -0.25) is 4.79 Å². The first kappa shape index (κ1) is 17.8. The molecule has 3 aliphatic heterocycles. The maximum Gasteiger partial charge on any atom is 0.263 e. The van der Waals surface area contributed by atoms with Crippen LogP contribution in [0.15, 0.2) is 46.0 Å². The molecule has 3 heterocycles. The van der Waals surface area contributed by atoms with Crippen molar-refractivity contribution in [3.63, 3.8) is 0 Å². The quantitative estimate of drug-likeness (QED) is 0.886.